The summed E-state index contributed by atoms with van der Waals surface area (Å²) in [6.45, 7) is 4.67. The second-order valence-corrected chi connectivity index (χ2v) is 7.18. The van der Waals surface area contributed by atoms with Crippen molar-refractivity contribution in [1.29, 1.82) is 0 Å². The number of benzene rings is 2. The summed E-state index contributed by atoms with van der Waals surface area (Å²) < 4.78 is 13.1. The maximum Gasteiger partial charge on any atom is 0.145 e. The highest BCUT2D eigenvalue weighted by Gasteiger charge is 2.26. The summed E-state index contributed by atoms with van der Waals surface area (Å²) in [5.74, 6) is -0.192. The van der Waals surface area contributed by atoms with Crippen LogP contribution < -0.4 is 4.90 Å². The van der Waals surface area contributed by atoms with Crippen LogP contribution in [0, 0.1) is 5.82 Å². The zero-order valence-corrected chi connectivity index (χ0v) is 15.2. The maximum atomic E-state index is 13.1. The summed E-state index contributed by atoms with van der Waals surface area (Å²) in [7, 11) is 0. The molecule has 136 valence electrons. The first kappa shape index (κ1) is 17.3. The minimum atomic E-state index is -0.192. The number of hydrogen-bond acceptors (Lipinski definition) is 4. The molecule has 0 aliphatic carbocycles. The molecule has 1 atom stereocenters. The number of halogens is 2. The highest BCUT2D eigenvalue weighted by atomic mass is 35.5. The molecule has 2 aliphatic heterocycles. The van der Waals surface area contributed by atoms with Crippen molar-refractivity contribution in [2.24, 2.45) is 5.16 Å². The van der Waals surface area contributed by atoms with Crippen LogP contribution in [0.15, 0.2) is 53.7 Å². The molecule has 2 heterocycles. The molecule has 0 N–H and O–H groups in total. The lowest BCUT2D eigenvalue weighted by molar-refractivity contribution is 0.0510. The van der Waals surface area contributed by atoms with Crippen molar-refractivity contribution in [3.05, 3.63) is 64.9 Å². The van der Waals surface area contributed by atoms with Gasteiger partial charge in [-0.3, -0.25) is 4.90 Å². The van der Waals surface area contributed by atoms with Crippen molar-refractivity contribution in [2.45, 2.75) is 12.5 Å². The van der Waals surface area contributed by atoms with E-state index in [0.29, 0.717) is 0 Å². The molecule has 0 saturated carbocycles. The molecule has 2 aromatic carbocycles. The Morgan fingerprint density at radius 1 is 1.00 bits per heavy atom. The van der Waals surface area contributed by atoms with E-state index in [9.17, 15) is 4.39 Å². The third kappa shape index (κ3) is 4.00. The molecule has 2 aromatic rings. The summed E-state index contributed by atoms with van der Waals surface area (Å²) in [4.78, 5) is 10.3. The second kappa shape index (κ2) is 7.64. The summed E-state index contributed by atoms with van der Waals surface area (Å²) in [6.07, 6.45) is 0.915. The van der Waals surface area contributed by atoms with E-state index in [1.807, 2.05) is 36.4 Å². The van der Waals surface area contributed by atoms with Gasteiger partial charge < -0.3 is 9.74 Å². The van der Waals surface area contributed by atoms with Gasteiger partial charge in [0.2, 0.25) is 0 Å². The maximum absolute atomic E-state index is 13.1. The SMILES string of the molecule is Fc1ccc(N2CCN(CC3CC(c4ccc(Cl)cc4)=NO3)CC2)cc1. The molecule has 0 aromatic heterocycles. The molecule has 0 spiro atoms. The van der Waals surface area contributed by atoms with Gasteiger partial charge in [-0.15, -0.1) is 0 Å². The first-order valence-electron chi connectivity index (χ1n) is 8.89. The fraction of sp³-hybridized carbons (Fsp3) is 0.350. The Hall–Kier alpha value is -2.11. The topological polar surface area (TPSA) is 28.1 Å². The molecule has 0 radical (unpaired) electrons. The Labute approximate surface area is 157 Å². The summed E-state index contributed by atoms with van der Waals surface area (Å²) in [5.41, 5.74) is 3.13. The number of oxime groups is 1. The third-order valence-corrected chi connectivity index (χ3v) is 5.19. The van der Waals surface area contributed by atoms with Gasteiger partial charge in [0.25, 0.3) is 0 Å². The minimum absolute atomic E-state index is 0.0954. The molecule has 6 heteroatoms. The highest BCUT2D eigenvalue weighted by Crippen LogP contribution is 2.21. The summed E-state index contributed by atoms with van der Waals surface area (Å²) >= 11 is 5.94. The second-order valence-electron chi connectivity index (χ2n) is 6.74. The molecule has 4 rings (SSSR count). The van der Waals surface area contributed by atoms with Crippen LogP contribution in [-0.2, 0) is 4.84 Å². The van der Waals surface area contributed by atoms with E-state index in [1.165, 1.54) is 12.1 Å². The van der Waals surface area contributed by atoms with E-state index in [1.54, 1.807) is 0 Å². The largest absolute Gasteiger partial charge is 0.390 e. The number of hydrogen-bond donors (Lipinski definition) is 0. The van der Waals surface area contributed by atoms with E-state index in [0.717, 1.165) is 61.1 Å². The Balaban J connectivity index is 1.26. The minimum Gasteiger partial charge on any atom is -0.390 e. The fourth-order valence-electron chi connectivity index (χ4n) is 3.47. The molecule has 1 unspecified atom stereocenters. The van der Waals surface area contributed by atoms with Gasteiger partial charge in [0.05, 0.1) is 5.71 Å². The Bertz CT molecular complexity index is 771. The molecule has 1 saturated heterocycles. The van der Waals surface area contributed by atoms with Gasteiger partial charge in [-0.05, 0) is 42.0 Å². The van der Waals surface area contributed by atoms with Crippen molar-refractivity contribution in [3.63, 3.8) is 0 Å². The summed E-state index contributed by atoms with van der Waals surface area (Å²) in [6, 6.07) is 14.4. The average molecular weight is 374 g/mol. The van der Waals surface area contributed by atoms with Crippen LogP contribution >= 0.6 is 11.6 Å². The Morgan fingerprint density at radius 3 is 2.38 bits per heavy atom. The van der Waals surface area contributed by atoms with Crippen LogP contribution in [0.25, 0.3) is 0 Å². The van der Waals surface area contributed by atoms with Crippen molar-refractivity contribution < 1.29 is 9.23 Å². The number of rotatable bonds is 4. The molecular formula is C20H21ClFN3O. The van der Waals surface area contributed by atoms with Gasteiger partial charge in [-0.25, -0.2) is 4.39 Å². The third-order valence-electron chi connectivity index (χ3n) is 4.94. The van der Waals surface area contributed by atoms with Gasteiger partial charge in [-0.1, -0.05) is 28.9 Å². The first-order valence-corrected chi connectivity index (χ1v) is 9.27. The molecule has 4 nitrogen and oxygen atoms in total. The molecule has 0 amide bonds. The molecule has 2 aliphatic rings. The zero-order chi connectivity index (χ0) is 17.9. The van der Waals surface area contributed by atoms with Gasteiger partial charge in [-0.2, -0.15) is 0 Å². The molecule has 26 heavy (non-hydrogen) atoms. The van der Waals surface area contributed by atoms with Crippen LogP contribution in [-0.4, -0.2) is 49.4 Å². The van der Waals surface area contributed by atoms with Crippen molar-refractivity contribution in [2.75, 3.05) is 37.6 Å². The zero-order valence-electron chi connectivity index (χ0n) is 14.4. The quantitative estimate of drug-likeness (QED) is 0.816. The van der Waals surface area contributed by atoms with Crippen LogP contribution in [0.5, 0.6) is 0 Å². The monoisotopic (exact) mass is 373 g/mol. The lowest BCUT2D eigenvalue weighted by Crippen LogP contribution is -2.48. The van der Waals surface area contributed by atoms with Crippen LogP contribution in [0.1, 0.15) is 12.0 Å². The fourth-order valence-corrected chi connectivity index (χ4v) is 3.59. The number of anilines is 1. The van der Waals surface area contributed by atoms with Crippen LogP contribution in [0.4, 0.5) is 10.1 Å². The smallest absolute Gasteiger partial charge is 0.145 e. The van der Waals surface area contributed by atoms with Crippen molar-refractivity contribution in [1.82, 2.24) is 4.90 Å². The number of nitrogens with zero attached hydrogens (tertiary/aromatic N) is 3. The molecule has 0 bridgehead atoms. The van der Waals surface area contributed by atoms with E-state index in [4.69, 9.17) is 16.4 Å². The van der Waals surface area contributed by atoms with Gasteiger partial charge >= 0.3 is 0 Å². The van der Waals surface area contributed by atoms with Crippen molar-refractivity contribution in [3.8, 4) is 0 Å². The molecular weight excluding hydrogens is 353 g/mol. The van der Waals surface area contributed by atoms with E-state index >= 15 is 0 Å². The standard InChI is InChI=1S/C20H21ClFN3O/c21-16-3-1-15(2-4-16)20-13-19(26-23-20)14-24-9-11-25(12-10-24)18-7-5-17(22)6-8-18/h1-8,19H,9-14H2. The van der Waals surface area contributed by atoms with Gasteiger partial charge in [0.15, 0.2) is 0 Å². The Morgan fingerprint density at radius 2 is 1.69 bits per heavy atom. The number of piperazine rings is 1. The lowest BCUT2D eigenvalue weighted by Gasteiger charge is -2.36. The van der Waals surface area contributed by atoms with Crippen LogP contribution in [0.3, 0.4) is 0 Å². The lowest BCUT2D eigenvalue weighted by atomic mass is 10.0. The molecule has 1 fully saturated rings. The normalized spacial score (nSPS) is 20.8. The van der Waals surface area contributed by atoms with E-state index < -0.39 is 0 Å². The van der Waals surface area contributed by atoms with Crippen molar-refractivity contribution >= 4 is 23.0 Å². The summed E-state index contributed by atoms with van der Waals surface area (Å²) in [5, 5.41) is 4.98. The average Bonchev–Trinajstić information content (AvgIpc) is 3.12. The van der Waals surface area contributed by atoms with E-state index in [2.05, 4.69) is 15.0 Å². The highest BCUT2D eigenvalue weighted by molar-refractivity contribution is 6.30. The van der Waals surface area contributed by atoms with Gasteiger partial charge in [0, 0.05) is 49.9 Å². The van der Waals surface area contributed by atoms with E-state index in [-0.39, 0.29) is 11.9 Å². The Kier molecular flexibility index (Phi) is 5.09. The first-order chi connectivity index (χ1) is 12.7. The predicted molar refractivity (Wildman–Crippen MR) is 103 cm³/mol. The predicted octanol–water partition coefficient (Wildman–Crippen LogP) is 3.79. The van der Waals surface area contributed by atoms with Crippen LogP contribution in [0.2, 0.25) is 5.02 Å². The van der Waals surface area contributed by atoms with Gasteiger partial charge in [0.1, 0.15) is 11.9 Å².